The second-order valence-electron chi connectivity index (χ2n) is 5.93. The lowest BCUT2D eigenvalue weighted by atomic mass is 10.2. The van der Waals surface area contributed by atoms with Gasteiger partial charge in [-0.2, -0.15) is 0 Å². The highest BCUT2D eigenvalue weighted by molar-refractivity contribution is 5.13. The molecular formula is C19H23N5O. The molecule has 3 aromatic rings. The van der Waals surface area contributed by atoms with Gasteiger partial charge in [-0.15, -0.1) is 0 Å². The second kappa shape index (κ2) is 8.50. The fourth-order valence-corrected chi connectivity index (χ4v) is 2.74. The van der Waals surface area contributed by atoms with Crippen molar-refractivity contribution >= 4 is 0 Å². The van der Waals surface area contributed by atoms with E-state index in [0.29, 0.717) is 25.3 Å². The summed E-state index contributed by atoms with van der Waals surface area (Å²) >= 11 is 0. The molecule has 0 amide bonds. The minimum Gasteiger partial charge on any atom is -0.390 e. The van der Waals surface area contributed by atoms with E-state index in [1.54, 1.807) is 6.20 Å². The standard InChI is InChI=1S/C19H23N5O/c1-2-15-5-3-6-16(22-15)11-24(13-19-20-9-10-21-19)12-17-7-4-8-18(14-25)23-17/h3-10,25H,2,11-14H2,1H3,(H,20,21). The fraction of sp³-hybridized carbons (Fsp3) is 0.316. The predicted octanol–water partition coefficient (Wildman–Crippen LogP) is 2.46. The third-order valence-corrected chi connectivity index (χ3v) is 3.95. The van der Waals surface area contributed by atoms with Crippen LogP contribution in [-0.4, -0.2) is 29.9 Å². The number of aromatic nitrogens is 4. The Morgan fingerprint density at radius 2 is 1.56 bits per heavy atom. The van der Waals surface area contributed by atoms with Crippen molar-refractivity contribution in [3.8, 4) is 0 Å². The number of hydrogen-bond donors (Lipinski definition) is 2. The molecule has 0 spiro atoms. The maximum atomic E-state index is 9.30. The molecule has 3 heterocycles. The van der Waals surface area contributed by atoms with E-state index < -0.39 is 0 Å². The highest BCUT2D eigenvalue weighted by Gasteiger charge is 2.12. The van der Waals surface area contributed by atoms with Crippen LogP contribution in [0.25, 0.3) is 0 Å². The Balaban J connectivity index is 1.78. The van der Waals surface area contributed by atoms with E-state index in [9.17, 15) is 5.11 Å². The molecule has 0 bridgehead atoms. The largest absolute Gasteiger partial charge is 0.390 e. The highest BCUT2D eigenvalue weighted by Crippen LogP contribution is 2.12. The number of hydrogen-bond acceptors (Lipinski definition) is 5. The normalized spacial score (nSPS) is 11.2. The number of aliphatic hydroxyl groups excluding tert-OH is 1. The van der Waals surface area contributed by atoms with E-state index >= 15 is 0 Å². The van der Waals surface area contributed by atoms with Crippen molar-refractivity contribution in [1.82, 2.24) is 24.8 Å². The van der Waals surface area contributed by atoms with Crippen LogP contribution in [0.1, 0.15) is 35.5 Å². The van der Waals surface area contributed by atoms with Crippen LogP contribution in [0.4, 0.5) is 0 Å². The van der Waals surface area contributed by atoms with Gasteiger partial charge in [0.25, 0.3) is 0 Å². The van der Waals surface area contributed by atoms with Gasteiger partial charge in [0.1, 0.15) is 5.82 Å². The highest BCUT2D eigenvalue weighted by atomic mass is 16.3. The summed E-state index contributed by atoms with van der Waals surface area (Å²) in [5.74, 6) is 0.907. The summed E-state index contributed by atoms with van der Waals surface area (Å²) < 4.78 is 0. The number of aromatic amines is 1. The molecule has 0 aromatic carbocycles. The summed E-state index contributed by atoms with van der Waals surface area (Å²) in [5, 5.41) is 9.30. The van der Waals surface area contributed by atoms with Crippen LogP contribution in [0.3, 0.4) is 0 Å². The van der Waals surface area contributed by atoms with Gasteiger partial charge in [-0.3, -0.25) is 14.9 Å². The van der Waals surface area contributed by atoms with E-state index in [1.807, 2.05) is 36.5 Å². The molecule has 0 fully saturated rings. The number of H-pyrrole nitrogens is 1. The van der Waals surface area contributed by atoms with Gasteiger partial charge >= 0.3 is 0 Å². The molecule has 6 heteroatoms. The molecular weight excluding hydrogens is 314 g/mol. The molecule has 0 atom stereocenters. The summed E-state index contributed by atoms with van der Waals surface area (Å²) in [4.78, 5) is 18.9. The van der Waals surface area contributed by atoms with Gasteiger partial charge in [0.2, 0.25) is 0 Å². The number of nitrogens with one attached hydrogen (secondary N) is 1. The third-order valence-electron chi connectivity index (χ3n) is 3.95. The van der Waals surface area contributed by atoms with Gasteiger partial charge in [0, 0.05) is 31.2 Å². The van der Waals surface area contributed by atoms with Gasteiger partial charge in [-0.25, -0.2) is 4.98 Å². The first-order chi connectivity index (χ1) is 12.3. The van der Waals surface area contributed by atoms with Crippen molar-refractivity contribution in [2.75, 3.05) is 0 Å². The molecule has 0 aliphatic rings. The van der Waals surface area contributed by atoms with Crippen LogP contribution in [0.15, 0.2) is 48.8 Å². The number of pyridine rings is 2. The van der Waals surface area contributed by atoms with Gasteiger partial charge in [-0.05, 0) is 30.7 Å². The first-order valence-corrected chi connectivity index (χ1v) is 8.48. The Morgan fingerprint density at radius 1 is 0.920 bits per heavy atom. The molecule has 2 N–H and O–H groups in total. The zero-order valence-corrected chi connectivity index (χ0v) is 14.4. The quantitative estimate of drug-likeness (QED) is 0.660. The molecule has 3 aromatic heterocycles. The van der Waals surface area contributed by atoms with Crippen LogP contribution >= 0.6 is 0 Å². The van der Waals surface area contributed by atoms with Gasteiger partial charge in [0.15, 0.2) is 0 Å². The lowest BCUT2D eigenvalue weighted by Crippen LogP contribution is -2.24. The first-order valence-electron chi connectivity index (χ1n) is 8.48. The Morgan fingerprint density at radius 3 is 2.16 bits per heavy atom. The van der Waals surface area contributed by atoms with E-state index in [1.165, 1.54) is 0 Å². The first kappa shape index (κ1) is 17.3. The average Bonchev–Trinajstić information content (AvgIpc) is 3.15. The average molecular weight is 337 g/mol. The maximum absolute atomic E-state index is 9.30. The molecule has 3 rings (SSSR count). The molecule has 0 aliphatic heterocycles. The minimum absolute atomic E-state index is 0.0495. The van der Waals surface area contributed by atoms with Gasteiger partial charge < -0.3 is 10.1 Å². The summed E-state index contributed by atoms with van der Waals surface area (Å²) in [5.41, 5.74) is 3.73. The number of imidazole rings is 1. The van der Waals surface area contributed by atoms with Crippen molar-refractivity contribution in [2.45, 2.75) is 39.6 Å². The molecule has 0 saturated heterocycles. The van der Waals surface area contributed by atoms with E-state index in [-0.39, 0.29) is 6.61 Å². The molecule has 0 saturated carbocycles. The number of nitrogens with zero attached hydrogens (tertiary/aromatic N) is 4. The molecule has 0 aliphatic carbocycles. The van der Waals surface area contributed by atoms with Gasteiger partial charge in [-0.1, -0.05) is 19.1 Å². The Kier molecular flexibility index (Phi) is 5.87. The minimum atomic E-state index is -0.0495. The molecule has 0 radical (unpaired) electrons. The lowest BCUT2D eigenvalue weighted by Gasteiger charge is -2.21. The molecule has 6 nitrogen and oxygen atoms in total. The summed E-state index contributed by atoms with van der Waals surface area (Å²) in [6.45, 7) is 4.10. The predicted molar refractivity (Wildman–Crippen MR) is 95.3 cm³/mol. The van der Waals surface area contributed by atoms with Crippen LogP contribution < -0.4 is 0 Å². The fourth-order valence-electron chi connectivity index (χ4n) is 2.74. The second-order valence-corrected chi connectivity index (χ2v) is 5.93. The van der Waals surface area contributed by atoms with Crippen LogP contribution in [0.2, 0.25) is 0 Å². The molecule has 0 unspecified atom stereocenters. The van der Waals surface area contributed by atoms with E-state index in [2.05, 4.69) is 32.8 Å². The van der Waals surface area contributed by atoms with Crippen LogP contribution in [0, 0.1) is 0 Å². The van der Waals surface area contributed by atoms with Gasteiger partial charge in [0.05, 0.1) is 30.2 Å². The van der Waals surface area contributed by atoms with E-state index in [0.717, 1.165) is 29.3 Å². The van der Waals surface area contributed by atoms with E-state index in [4.69, 9.17) is 4.98 Å². The molecule has 130 valence electrons. The topological polar surface area (TPSA) is 77.9 Å². The third kappa shape index (κ3) is 4.95. The Bertz CT molecular complexity index is 739. The van der Waals surface area contributed by atoms with Crippen molar-refractivity contribution in [1.29, 1.82) is 0 Å². The Hall–Kier alpha value is -2.57. The SMILES string of the molecule is CCc1cccc(CN(Cc2cccc(CO)n2)Cc2ncc[nH]2)n1. The molecule has 25 heavy (non-hydrogen) atoms. The summed E-state index contributed by atoms with van der Waals surface area (Å²) in [6.07, 6.45) is 4.51. The van der Waals surface area contributed by atoms with Crippen LogP contribution in [0.5, 0.6) is 0 Å². The van der Waals surface area contributed by atoms with Crippen molar-refractivity contribution < 1.29 is 5.11 Å². The smallest absolute Gasteiger partial charge is 0.120 e. The zero-order valence-electron chi connectivity index (χ0n) is 14.4. The van der Waals surface area contributed by atoms with Crippen molar-refractivity contribution in [3.05, 3.63) is 77.4 Å². The number of aliphatic hydroxyl groups is 1. The zero-order chi connectivity index (χ0) is 17.5. The number of rotatable bonds is 8. The van der Waals surface area contributed by atoms with Crippen molar-refractivity contribution in [3.63, 3.8) is 0 Å². The number of aryl methyl sites for hydroxylation is 1. The summed E-state index contributed by atoms with van der Waals surface area (Å²) in [7, 11) is 0. The lowest BCUT2D eigenvalue weighted by molar-refractivity contribution is 0.234. The monoisotopic (exact) mass is 337 g/mol. The van der Waals surface area contributed by atoms with Crippen molar-refractivity contribution in [2.24, 2.45) is 0 Å². The Labute approximate surface area is 147 Å². The summed E-state index contributed by atoms with van der Waals surface area (Å²) in [6, 6.07) is 11.9. The maximum Gasteiger partial charge on any atom is 0.120 e. The van der Waals surface area contributed by atoms with Crippen LogP contribution in [-0.2, 0) is 32.7 Å².